The molecule has 1 saturated heterocycles. The molecule has 1 rings (SSSR count). The van der Waals surface area contributed by atoms with Crippen molar-refractivity contribution in [2.24, 2.45) is 0 Å². The Morgan fingerprint density at radius 2 is 2.25 bits per heavy atom. The Bertz CT molecular complexity index is 220. The molecule has 2 atom stereocenters. The van der Waals surface area contributed by atoms with Crippen molar-refractivity contribution >= 4 is 5.97 Å². The first kappa shape index (κ1) is 13.5. The maximum Gasteiger partial charge on any atom is 0.304 e. The van der Waals surface area contributed by atoms with E-state index in [-0.39, 0.29) is 6.42 Å². The molecule has 0 aromatic heterocycles. The molecule has 0 saturated carbocycles. The summed E-state index contributed by atoms with van der Waals surface area (Å²) in [6, 6.07) is 0.503. The highest BCUT2D eigenvalue weighted by Crippen LogP contribution is 2.21. The van der Waals surface area contributed by atoms with E-state index < -0.39 is 5.97 Å². The summed E-state index contributed by atoms with van der Waals surface area (Å²) < 4.78 is 5.63. The fourth-order valence-corrected chi connectivity index (χ4v) is 2.31. The standard InChI is InChI=1S/C12H23NO3/c1-3-11-9-10(6-8-16-11)13(4-2)7-5-12(14)15/h10-11H,3-9H2,1-2H3,(H,14,15). The fraction of sp³-hybridized carbons (Fsp3) is 0.917. The molecule has 0 bridgehead atoms. The minimum atomic E-state index is -0.711. The van der Waals surface area contributed by atoms with Gasteiger partial charge in [0, 0.05) is 19.2 Å². The van der Waals surface area contributed by atoms with Crippen molar-refractivity contribution in [1.29, 1.82) is 0 Å². The molecule has 0 radical (unpaired) electrons. The van der Waals surface area contributed by atoms with Gasteiger partial charge in [0.1, 0.15) is 0 Å². The van der Waals surface area contributed by atoms with E-state index >= 15 is 0 Å². The smallest absolute Gasteiger partial charge is 0.304 e. The van der Waals surface area contributed by atoms with Gasteiger partial charge in [-0.05, 0) is 25.8 Å². The van der Waals surface area contributed by atoms with Crippen LogP contribution in [0.15, 0.2) is 0 Å². The first-order valence-electron chi connectivity index (χ1n) is 6.24. The largest absolute Gasteiger partial charge is 0.481 e. The minimum absolute atomic E-state index is 0.238. The Morgan fingerprint density at radius 1 is 1.50 bits per heavy atom. The summed E-state index contributed by atoms with van der Waals surface area (Å²) in [5.74, 6) is -0.711. The number of hydrogen-bond acceptors (Lipinski definition) is 3. The summed E-state index contributed by atoms with van der Waals surface area (Å²) in [5.41, 5.74) is 0. The van der Waals surface area contributed by atoms with E-state index in [4.69, 9.17) is 9.84 Å². The predicted molar refractivity (Wildman–Crippen MR) is 62.6 cm³/mol. The number of carbonyl (C=O) groups is 1. The van der Waals surface area contributed by atoms with Gasteiger partial charge in [0.15, 0.2) is 0 Å². The number of hydrogen-bond donors (Lipinski definition) is 1. The number of carboxylic acids is 1. The van der Waals surface area contributed by atoms with Gasteiger partial charge in [0.25, 0.3) is 0 Å². The zero-order valence-corrected chi connectivity index (χ0v) is 10.3. The van der Waals surface area contributed by atoms with Crippen molar-refractivity contribution in [2.75, 3.05) is 19.7 Å². The number of nitrogens with zero attached hydrogens (tertiary/aromatic N) is 1. The Kier molecular flexibility index (Phi) is 5.77. The lowest BCUT2D eigenvalue weighted by atomic mass is 10.00. The Morgan fingerprint density at radius 3 is 2.81 bits per heavy atom. The number of ether oxygens (including phenoxy) is 1. The van der Waals surface area contributed by atoms with Crippen LogP contribution in [0.25, 0.3) is 0 Å². The van der Waals surface area contributed by atoms with Gasteiger partial charge in [-0.3, -0.25) is 9.69 Å². The van der Waals surface area contributed by atoms with E-state index in [2.05, 4.69) is 18.7 Å². The van der Waals surface area contributed by atoms with Crippen LogP contribution in [0.2, 0.25) is 0 Å². The summed E-state index contributed by atoms with van der Waals surface area (Å²) in [4.78, 5) is 12.8. The molecule has 1 aliphatic heterocycles. The fourth-order valence-electron chi connectivity index (χ4n) is 2.31. The summed E-state index contributed by atoms with van der Waals surface area (Å²) in [5, 5.41) is 8.70. The third-order valence-corrected chi connectivity index (χ3v) is 3.33. The molecular weight excluding hydrogens is 206 g/mol. The quantitative estimate of drug-likeness (QED) is 0.753. The maximum absolute atomic E-state index is 10.6. The van der Waals surface area contributed by atoms with Crippen molar-refractivity contribution in [3.8, 4) is 0 Å². The molecule has 0 spiro atoms. The zero-order chi connectivity index (χ0) is 12.0. The lowest BCUT2D eigenvalue weighted by Gasteiger charge is -2.36. The first-order chi connectivity index (χ1) is 7.67. The second-order valence-electron chi connectivity index (χ2n) is 4.35. The van der Waals surface area contributed by atoms with Crippen molar-refractivity contribution in [3.05, 3.63) is 0 Å². The number of aliphatic carboxylic acids is 1. The van der Waals surface area contributed by atoms with E-state index in [1.54, 1.807) is 0 Å². The number of carboxylic acid groups (broad SMARTS) is 1. The SMILES string of the molecule is CCC1CC(N(CC)CCC(=O)O)CCO1. The van der Waals surface area contributed by atoms with Crippen LogP contribution in [0.3, 0.4) is 0 Å². The van der Waals surface area contributed by atoms with Crippen LogP contribution in [0.1, 0.15) is 39.5 Å². The van der Waals surface area contributed by atoms with Crippen molar-refractivity contribution in [2.45, 2.75) is 51.7 Å². The lowest BCUT2D eigenvalue weighted by molar-refractivity contribution is -0.137. The molecule has 16 heavy (non-hydrogen) atoms. The van der Waals surface area contributed by atoms with E-state index in [0.717, 1.165) is 32.4 Å². The molecule has 0 amide bonds. The lowest BCUT2D eigenvalue weighted by Crippen LogP contribution is -2.43. The van der Waals surface area contributed by atoms with Crippen LogP contribution in [0, 0.1) is 0 Å². The Hall–Kier alpha value is -0.610. The molecule has 1 N–H and O–H groups in total. The van der Waals surface area contributed by atoms with Crippen LogP contribution >= 0.6 is 0 Å². The van der Waals surface area contributed by atoms with Gasteiger partial charge in [-0.1, -0.05) is 13.8 Å². The molecular formula is C12H23NO3. The Labute approximate surface area is 97.6 Å². The van der Waals surface area contributed by atoms with Crippen LogP contribution in [0.5, 0.6) is 0 Å². The van der Waals surface area contributed by atoms with Gasteiger partial charge in [0.05, 0.1) is 12.5 Å². The van der Waals surface area contributed by atoms with Crippen LogP contribution in [-0.2, 0) is 9.53 Å². The van der Waals surface area contributed by atoms with Gasteiger partial charge in [-0.15, -0.1) is 0 Å². The van der Waals surface area contributed by atoms with Crippen LogP contribution in [-0.4, -0.2) is 47.8 Å². The van der Waals surface area contributed by atoms with Crippen molar-refractivity contribution < 1.29 is 14.6 Å². The van der Waals surface area contributed by atoms with E-state index in [9.17, 15) is 4.79 Å². The van der Waals surface area contributed by atoms with Gasteiger partial charge < -0.3 is 9.84 Å². The van der Waals surface area contributed by atoms with Gasteiger partial charge in [-0.2, -0.15) is 0 Å². The minimum Gasteiger partial charge on any atom is -0.481 e. The monoisotopic (exact) mass is 229 g/mol. The maximum atomic E-state index is 10.6. The molecule has 0 aliphatic carbocycles. The molecule has 94 valence electrons. The second kappa shape index (κ2) is 6.86. The van der Waals surface area contributed by atoms with E-state index in [0.29, 0.717) is 18.7 Å². The molecule has 1 aliphatic rings. The summed E-state index contributed by atoms with van der Waals surface area (Å²) >= 11 is 0. The normalized spacial score (nSPS) is 25.9. The summed E-state index contributed by atoms with van der Waals surface area (Å²) in [6.07, 6.45) is 3.72. The van der Waals surface area contributed by atoms with Crippen LogP contribution < -0.4 is 0 Å². The number of rotatable bonds is 6. The summed E-state index contributed by atoms with van der Waals surface area (Å²) in [6.45, 7) is 6.63. The molecule has 4 nitrogen and oxygen atoms in total. The molecule has 1 heterocycles. The van der Waals surface area contributed by atoms with Gasteiger partial charge >= 0.3 is 5.97 Å². The van der Waals surface area contributed by atoms with Crippen molar-refractivity contribution in [1.82, 2.24) is 4.90 Å². The average Bonchev–Trinajstić information content (AvgIpc) is 2.30. The van der Waals surface area contributed by atoms with Gasteiger partial charge in [0.2, 0.25) is 0 Å². The van der Waals surface area contributed by atoms with E-state index in [1.165, 1.54) is 0 Å². The summed E-state index contributed by atoms with van der Waals surface area (Å²) in [7, 11) is 0. The topological polar surface area (TPSA) is 49.8 Å². The highest BCUT2D eigenvalue weighted by molar-refractivity contribution is 5.66. The molecule has 0 aromatic rings. The first-order valence-corrected chi connectivity index (χ1v) is 6.24. The Balaban J connectivity index is 2.41. The van der Waals surface area contributed by atoms with Crippen molar-refractivity contribution in [3.63, 3.8) is 0 Å². The molecule has 4 heteroatoms. The van der Waals surface area contributed by atoms with Gasteiger partial charge in [-0.25, -0.2) is 0 Å². The molecule has 1 fully saturated rings. The highest BCUT2D eigenvalue weighted by atomic mass is 16.5. The third-order valence-electron chi connectivity index (χ3n) is 3.33. The second-order valence-corrected chi connectivity index (χ2v) is 4.35. The predicted octanol–water partition coefficient (Wildman–Crippen LogP) is 1.74. The van der Waals surface area contributed by atoms with Crippen LogP contribution in [0.4, 0.5) is 0 Å². The molecule has 0 aromatic carbocycles. The average molecular weight is 229 g/mol. The van der Waals surface area contributed by atoms with E-state index in [1.807, 2.05) is 0 Å². The zero-order valence-electron chi connectivity index (χ0n) is 10.3. The third kappa shape index (κ3) is 4.10. The molecule has 2 unspecified atom stereocenters. The highest BCUT2D eigenvalue weighted by Gasteiger charge is 2.25.